The molecule has 0 aliphatic rings. The first-order valence-corrected chi connectivity index (χ1v) is 6.95. The van der Waals surface area contributed by atoms with Gasteiger partial charge in [-0.1, -0.05) is 0 Å². The quantitative estimate of drug-likeness (QED) is 0.418. The lowest BCUT2D eigenvalue weighted by atomic mass is 10.1. The van der Waals surface area contributed by atoms with Crippen molar-refractivity contribution < 1.29 is 28.3 Å². The van der Waals surface area contributed by atoms with E-state index in [4.69, 9.17) is 0 Å². The van der Waals surface area contributed by atoms with Gasteiger partial charge in [-0.15, -0.1) is 0 Å². The molecule has 0 bridgehead atoms. The molecule has 3 aromatic rings. The highest BCUT2D eigenvalue weighted by molar-refractivity contribution is 5.71. The fourth-order valence-electron chi connectivity index (χ4n) is 2.41. The van der Waals surface area contributed by atoms with Crippen LogP contribution in [0.1, 0.15) is 5.56 Å². The van der Waals surface area contributed by atoms with E-state index in [1.54, 1.807) is 0 Å². The number of aromatic nitrogens is 3. The molecule has 0 saturated carbocycles. The summed E-state index contributed by atoms with van der Waals surface area (Å²) in [5.41, 5.74) is -2.11. The topological polar surface area (TPSA) is 114 Å². The van der Waals surface area contributed by atoms with Gasteiger partial charge in [0.2, 0.25) is 5.75 Å². The normalized spacial score (nSPS) is 11.5. The summed E-state index contributed by atoms with van der Waals surface area (Å²) in [7, 11) is 0. The van der Waals surface area contributed by atoms with Crippen LogP contribution in [0.25, 0.3) is 16.9 Å². The molecule has 0 aliphatic heterocycles. The van der Waals surface area contributed by atoms with Crippen molar-refractivity contribution >= 4 is 5.69 Å². The van der Waals surface area contributed by atoms with Crippen molar-refractivity contribution in [2.75, 3.05) is 0 Å². The zero-order valence-corrected chi connectivity index (χ0v) is 12.7. The van der Waals surface area contributed by atoms with Crippen molar-refractivity contribution in [2.45, 2.75) is 6.18 Å². The largest absolute Gasteiger partial charge is 0.504 e. The van der Waals surface area contributed by atoms with Crippen LogP contribution >= 0.6 is 0 Å². The molecular weight excluding hydrogens is 357 g/mol. The number of nitro benzene ring substituents is 1. The van der Waals surface area contributed by atoms with Crippen LogP contribution in [-0.2, 0) is 6.18 Å². The molecule has 0 atom stereocenters. The molecule has 134 valence electrons. The second-order valence-corrected chi connectivity index (χ2v) is 5.16. The molecule has 0 radical (unpaired) electrons. The van der Waals surface area contributed by atoms with Crippen LogP contribution in [0.2, 0.25) is 0 Å². The molecule has 0 unspecified atom stereocenters. The number of rotatable bonds is 3. The Balaban J connectivity index is 2.23. The Labute approximate surface area is 143 Å². The molecule has 0 aliphatic carbocycles. The summed E-state index contributed by atoms with van der Waals surface area (Å²) < 4.78 is 40.7. The van der Waals surface area contributed by atoms with E-state index in [1.165, 1.54) is 6.20 Å². The van der Waals surface area contributed by atoms with Crippen molar-refractivity contribution in [1.82, 2.24) is 14.5 Å². The zero-order valence-electron chi connectivity index (χ0n) is 12.7. The number of hydrogen-bond acceptors (Lipinski definition) is 6. The van der Waals surface area contributed by atoms with Gasteiger partial charge in [0, 0.05) is 17.8 Å². The lowest BCUT2D eigenvalue weighted by molar-refractivity contribution is -0.385. The summed E-state index contributed by atoms with van der Waals surface area (Å²) in [5, 5.41) is 30.2. The molecule has 1 aromatic carbocycles. The number of hydrogen-bond donors (Lipinski definition) is 2. The Bertz CT molecular complexity index is 1000. The van der Waals surface area contributed by atoms with Crippen LogP contribution < -0.4 is 0 Å². The summed E-state index contributed by atoms with van der Waals surface area (Å²) in [6, 6.07) is 2.70. The van der Waals surface area contributed by atoms with Crippen LogP contribution in [0, 0.1) is 10.1 Å². The first kappa shape index (κ1) is 17.2. The number of nitrogens with zero attached hydrogens (tertiary/aromatic N) is 4. The fourth-order valence-corrected chi connectivity index (χ4v) is 2.41. The Kier molecular flexibility index (Phi) is 3.98. The Morgan fingerprint density at radius 1 is 1.15 bits per heavy atom. The lowest BCUT2D eigenvalue weighted by Gasteiger charge is -2.15. The van der Waals surface area contributed by atoms with Gasteiger partial charge in [-0.2, -0.15) is 13.2 Å². The number of imidazole rings is 1. The van der Waals surface area contributed by atoms with E-state index in [0.717, 1.165) is 41.5 Å². The first-order valence-electron chi connectivity index (χ1n) is 6.95. The number of alkyl halides is 3. The van der Waals surface area contributed by atoms with Crippen molar-refractivity contribution in [3.8, 4) is 28.4 Å². The summed E-state index contributed by atoms with van der Waals surface area (Å²) in [5.74, 6) is -1.73. The fraction of sp³-hybridized carbons (Fsp3) is 0.0667. The Hall–Kier alpha value is -3.63. The van der Waals surface area contributed by atoms with Gasteiger partial charge < -0.3 is 10.2 Å². The van der Waals surface area contributed by atoms with Gasteiger partial charge in [0.25, 0.3) is 0 Å². The number of phenols is 2. The van der Waals surface area contributed by atoms with Gasteiger partial charge in [-0.3, -0.25) is 19.7 Å². The average Bonchev–Trinajstić information content (AvgIpc) is 3.05. The smallest absolute Gasteiger partial charge is 0.418 e. The maximum atomic E-state index is 13.2. The minimum atomic E-state index is -4.66. The van der Waals surface area contributed by atoms with Gasteiger partial charge in [0.05, 0.1) is 40.6 Å². The van der Waals surface area contributed by atoms with Gasteiger partial charge >= 0.3 is 11.9 Å². The highest BCUT2D eigenvalue weighted by Crippen LogP contribution is 2.40. The molecule has 0 spiro atoms. The van der Waals surface area contributed by atoms with Crippen LogP contribution in [0.5, 0.6) is 11.5 Å². The number of nitro groups is 1. The van der Waals surface area contributed by atoms with Crippen molar-refractivity contribution in [3.63, 3.8) is 0 Å². The molecule has 11 heteroatoms. The molecule has 0 fully saturated rings. The van der Waals surface area contributed by atoms with Gasteiger partial charge in [-0.25, -0.2) is 4.98 Å². The number of phenolic OH excluding ortho intramolecular Hbond substituents is 2. The van der Waals surface area contributed by atoms with E-state index >= 15 is 0 Å². The summed E-state index contributed by atoms with van der Waals surface area (Å²) in [4.78, 5) is 17.5. The maximum Gasteiger partial charge on any atom is 0.418 e. The van der Waals surface area contributed by atoms with Crippen LogP contribution in [0.4, 0.5) is 18.9 Å². The average molecular weight is 366 g/mol. The molecule has 2 heterocycles. The minimum absolute atomic E-state index is 0.0125. The predicted octanol–water partition coefficient (Wildman–Crippen LogP) is 3.27. The molecule has 2 N–H and O–H groups in total. The summed E-state index contributed by atoms with van der Waals surface area (Å²) in [6.45, 7) is 0. The Morgan fingerprint density at radius 3 is 2.54 bits per heavy atom. The highest BCUT2D eigenvalue weighted by atomic mass is 19.4. The first-order chi connectivity index (χ1) is 12.2. The molecular formula is C15H9F3N4O4. The molecule has 0 amide bonds. The standard InChI is InChI=1S/C15H9F3N4O4/c16-15(17,18)9-1-2-19-6-12(9)21-7-20-5-11(21)8-3-10(22(25)26)14(24)13(23)4-8/h1-7,23-24H. The third-order valence-corrected chi connectivity index (χ3v) is 3.57. The SMILES string of the molecule is O=[N+]([O-])c1cc(-c2cncn2-c2cnccc2C(F)(F)F)cc(O)c1O. The highest BCUT2D eigenvalue weighted by Gasteiger charge is 2.34. The van der Waals surface area contributed by atoms with Crippen molar-refractivity contribution in [2.24, 2.45) is 0 Å². The summed E-state index contributed by atoms with van der Waals surface area (Å²) in [6.07, 6.45) is -0.453. The lowest BCUT2D eigenvalue weighted by Crippen LogP contribution is -2.11. The van der Waals surface area contributed by atoms with Gasteiger partial charge in [0.15, 0.2) is 5.75 Å². The Morgan fingerprint density at radius 2 is 1.88 bits per heavy atom. The van der Waals surface area contributed by atoms with E-state index in [1.807, 2.05) is 0 Å². The minimum Gasteiger partial charge on any atom is -0.504 e. The second-order valence-electron chi connectivity index (χ2n) is 5.16. The number of halogens is 3. The van der Waals surface area contributed by atoms with Crippen LogP contribution in [-0.4, -0.2) is 29.7 Å². The van der Waals surface area contributed by atoms with E-state index < -0.39 is 33.8 Å². The van der Waals surface area contributed by atoms with Gasteiger partial charge in [0.1, 0.15) is 0 Å². The molecule has 0 saturated heterocycles. The second kappa shape index (κ2) is 6.02. The molecule has 26 heavy (non-hydrogen) atoms. The van der Waals surface area contributed by atoms with E-state index in [0.29, 0.717) is 0 Å². The maximum absolute atomic E-state index is 13.2. The zero-order chi connectivity index (χ0) is 19.1. The third kappa shape index (κ3) is 2.90. The van der Waals surface area contributed by atoms with Crippen LogP contribution in [0.3, 0.4) is 0 Å². The van der Waals surface area contributed by atoms with E-state index in [2.05, 4.69) is 9.97 Å². The van der Waals surface area contributed by atoms with Crippen LogP contribution in [0.15, 0.2) is 43.1 Å². The molecule has 3 rings (SSSR count). The van der Waals surface area contributed by atoms with E-state index in [-0.39, 0.29) is 16.9 Å². The monoisotopic (exact) mass is 366 g/mol. The summed E-state index contributed by atoms with van der Waals surface area (Å²) >= 11 is 0. The van der Waals surface area contributed by atoms with Crippen molar-refractivity contribution in [3.05, 3.63) is 58.8 Å². The number of aromatic hydroxyl groups is 2. The van der Waals surface area contributed by atoms with Gasteiger partial charge in [-0.05, 0) is 12.1 Å². The van der Waals surface area contributed by atoms with E-state index in [9.17, 15) is 33.5 Å². The molecule has 2 aromatic heterocycles. The predicted molar refractivity (Wildman–Crippen MR) is 81.8 cm³/mol. The third-order valence-electron chi connectivity index (χ3n) is 3.57. The number of pyridine rings is 1. The van der Waals surface area contributed by atoms with Crippen molar-refractivity contribution in [1.29, 1.82) is 0 Å². The molecule has 8 nitrogen and oxygen atoms in total. The number of benzene rings is 1.